The van der Waals surface area contributed by atoms with E-state index in [4.69, 9.17) is 10.5 Å². The van der Waals surface area contributed by atoms with E-state index in [1.165, 1.54) is 0 Å². The molecule has 0 aromatic carbocycles. The van der Waals surface area contributed by atoms with Crippen LogP contribution in [0.4, 0.5) is 11.5 Å². The van der Waals surface area contributed by atoms with Gasteiger partial charge in [-0.1, -0.05) is 0 Å². The van der Waals surface area contributed by atoms with Crippen LogP contribution in [0.1, 0.15) is 6.42 Å². The first kappa shape index (κ1) is 9.92. The van der Waals surface area contributed by atoms with Crippen LogP contribution in [0.3, 0.4) is 0 Å². The second-order valence-corrected chi connectivity index (χ2v) is 3.52. The molecule has 0 aliphatic carbocycles. The molecule has 3 N–H and O–H groups in total. The molecule has 1 unspecified atom stereocenters. The number of pyridine rings is 1. The number of anilines is 2. The number of nitrogen functional groups attached to an aromatic ring is 1. The minimum atomic E-state index is -0.0393. The second-order valence-electron chi connectivity index (χ2n) is 3.52. The van der Waals surface area contributed by atoms with E-state index >= 15 is 0 Å². The normalized spacial score (nSPS) is 20.1. The Morgan fingerprint density at radius 2 is 2.47 bits per heavy atom. The van der Waals surface area contributed by atoms with Crippen molar-refractivity contribution >= 4 is 17.4 Å². The highest BCUT2D eigenvalue weighted by Crippen LogP contribution is 2.15. The molecule has 0 bridgehead atoms. The lowest BCUT2D eigenvalue weighted by Crippen LogP contribution is -2.22. The fourth-order valence-corrected chi connectivity index (χ4v) is 1.46. The molecule has 80 valence electrons. The third-order valence-corrected chi connectivity index (χ3v) is 2.35. The number of nitrogens with two attached hydrogens (primary N) is 1. The Kier molecular flexibility index (Phi) is 2.82. The topological polar surface area (TPSA) is 77.2 Å². The van der Waals surface area contributed by atoms with Gasteiger partial charge >= 0.3 is 0 Å². The van der Waals surface area contributed by atoms with Crippen LogP contribution < -0.4 is 11.1 Å². The zero-order valence-electron chi connectivity index (χ0n) is 8.27. The summed E-state index contributed by atoms with van der Waals surface area (Å²) in [5.74, 6) is 0.388. The number of ether oxygens (including phenoxy) is 1. The molecule has 2 heterocycles. The zero-order chi connectivity index (χ0) is 10.7. The van der Waals surface area contributed by atoms with Crippen LogP contribution in [0.5, 0.6) is 0 Å². The van der Waals surface area contributed by atoms with Crippen LogP contribution in [-0.2, 0) is 9.53 Å². The van der Waals surface area contributed by atoms with Gasteiger partial charge in [-0.3, -0.25) is 4.79 Å². The van der Waals surface area contributed by atoms with Gasteiger partial charge in [0.1, 0.15) is 5.82 Å². The number of hydrogen-bond donors (Lipinski definition) is 2. The van der Waals surface area contributed by atoms with Gasteiger partial charge < -0.3 is 15.8 Å². The smallest absolute Gasteiger partial charge is 0.229 e. The lowest BCUT2D eigenvalue weighted by molar-refractivity contribution is -0.119. The van der Waals surface area contributed by atoms with E-state index < -0.39 is 0 Å². The minimum absolute atomic E-state index is 0.0147. The maximum Gasteiger partial charge on any atom is 0.229 e. The maximum absolute atomic E-state index is 11.6. The van der Waals surface area contributed by atoms with E-state index in [9.17, 15) is 4.79 Å². The van der Waals surface area contributed by atoms with Crippen molar-refractivity contribution in [1.82, 2.24) is 4.98 Å². The van der Waals surface area contributed by atoms with E-state index in [0.717, 1.165) is 6.42 Å². The molecular weight excluding hydrogens is 194 g/mol. The number of hydrogen-bond acceptors (Lipinski definition) is 4. The summed E-state index contributed by atoms with van der Waals surface area (Å²) in [5.41, 5.74) is 6.10. The van der Waals surface area contributed by atoms with E-state index in [-0.39, 0.29) is 11.8 Å². The van der Waals surface area contributed by atoms with Crippen LogP contribution in [0.25, 0.3) is 0 Å². The molecule has 1 aliphatic heterocycles. The first-order valence-corrected chi connectivity index (χ1v) is 4.86. The standard InChI is InChI=1S/C10H13N3O2/c11-9-2-1-8(5-12-9)13-10(14)7-3-4-15-6-7/h1-2,5,7H,3-4,6H2,(H2,11,12)(H,13,14). The first-order chi connectivity index (χ1) is 7.25. The monoisotopic (exact) mass is 207 g/mol. The predicted octanol–water partition coefficient (Wildman–Crippen LogP) is 0.639. The molecular formula is C10H13N3O2. The molecule has 2 rings (SSSR count). The Hall–Kier alpha value is -1.62. The van der Waals surface area contributed by atoms with Crippen LogP contribution in [0.15, 0.2) is 18.3 Å². The Bertz CT molecular complexity index is 344. The van der Waals surface area contributed by atoms with Crippen molar-refractivity contribution in [2.75, 3.05) is 24.3 Å². The lowest BCUT2D eigenvalue weighted by Gasteiger charge is -2.08. The van der Waals surface area contributed by atoms with Crippen molar-refractivity contribution in [2.45, 2.75) is 6.42 Å². The van der Waals surface area contributed by atoms with E-state index in [1.54, 1.807) is 18.3 Å². The fourth-order valence-electron chi connectivity index (χ4n) is 1.46. The predicted molar refractivity (Wildman–Crippen MR) is 56.2 cm³/mol. The molecule has 5 heteroatoms. The van der Waals surface area contributed by atoms with Gasteiger partial charge in [-0.25, -0.2) is 4.98 Å². The zero-order valence-corrected chi connectivity index (χ0v) is 8.27. The van der Waals surface area contributed by atoms with Crippen LogP contribution in [-0.4, -0.2) is 24.1 Å². The molecule has 1 atom stereocenters. The van der Waals surface area contributed by atoms with Crippen molar-refractivity contribution < 1.29 is 9.53 Å². The van der Waals surface area contributed by atoms with Crippen LogP contribution >= 0.6 is 0 Å². The van der Waals surface area contributed by atoms with Gasteiger partial charge in [-0.15, -0.1) is 0 Å². The van der Waals surface area contributed by atoms with E-state index in [2.05, 4.69) is 10.3 Å². The van der Waals surface area contributed by atoms with Gasteiger partial charge in [-0.05, 0) is 18.6 Å². The first-order valence-electron chi connectivity index (χ1n) is 4.86. The summed E-state index contributed by atoms with van der Waals surface area (Å²) >= 11 is 0. The summed E-state index contributed by atoms with van der Waals surface area (Å²) in [6.45, 7) is 1.17. The summed E-state index contributed by atoms with van der Waals surface area (Å²) in [7, 11) is 0. The lowest BCUT2D eigenvalue weighted by atomic mass is 10.1. The molecule has 1 fully saturated rings. The number of rotatable bonds is 2. The highest BCUT2D eigenvalue weighted by molar-refractivity contribution is 5.92. The molecule has 0 radical (unpaired) electrons. The SMILES string of the molecule is Nc1ccc(NC(=O)C2CCOC2)cn1. The summed E-state index contributed by atoms with van der Waals surface area (Å²) in [6.07, 6.45) is 2.33. The number of amides is 1. The summed E-state index contributed by atoms with van der Waals surface area (Å²) in [6, 6.07) is 3.39. The summed E-state index contributed by atoms with van der Waals surface area (Å²) in [4.78, 5) is 15.5. The average molecular weight is 207 g/mol. The Morgan fingerprint density at radius 1 is 1.60 bits per heavy atom. The minimum Gasteiger partial charge on any atom is -0.384 e. The Labute approximate surface area is 87.6 Å². The molecule has 0 saturated carbocycles. The summed E-state index contributed by atoms with van der Waals surface area (Å²) < 4.78 is 5.14. The third kappa shape index (κ3) is 2.44. The van der Waals surface area contributed by atoms with Crippen LogP contribution in [0.2, 0.25) is 0 Å². The number of aromatic nitrogens is 1. The highest BCUT2D eigenvalue weighted by Gasteiger charge is 2.23. The number of nitrogens with zero attached hydrogens (tertiary/aromatic N) is 1. The van der Waals surface area contributed by atoms with Crippen molar-refractivity contribution in [3.8, 4) is 0 Å². The number of nitrogens with one attached hydrogen (secondary N) is 1. The van der Waals surface area contributed by atoms with Crippen molar-refractivity contribution in [3.63, 3.8) is 0 Å². The highest BCUT2D eigenvalue weighted by atomic mass is 16.5. The molecule has 15 heavy (non-hydrogen) atoms. The molecule has 5 nitrogen and oxygen atoms in total. The van der Waals surface area contributed by atoms with Gasteiger partial charge in [0.15, 0.2) is 0 Å². The molecule has 1 amide bonds. The number of carbonyl (C=O) groups is 1. The second kappa shape index (κ2) is 4.27. The van der Waals surface area contributed by atoms with E-state index in [0.29, 0.717) is 24.7 Å². The van der Waals surface area contributed by atoms with E-state index in [1.807, 2.05) is 0 Å². The average Bonchev–Trinajstić information content (AvgIpc) is 2.74. The van der Waals surface area contributed by atoms with Crippen molar-refractivity contribution in [3.05, 3.63) is 18.3 Å². The largest absolute Gasteiger partial charge is 0.384 e. The fraction of sp³-hybridized carbons (Fsp3) is 0.400. The third-order valence-electron chi connectivity index (χ3n) is 2.35. The number of carbonyl (C=O) groups excluding carboxylic acids is 1. The quantitative estimate of drug-likeness (QED) is 0.746. The molecule has 0 spiro atoms. The van der Waals surface area contributed by atoms with Gasteiger partial charge in [0, 0.05) is 6.61 Å². The van der Waals surface area contributed by atoms with Gasteiger partial charge in [0.05, 0.1) is 24.4 Å². The Balaban J connectivity index is 1.96. The van der Waals surface area contributed by atoms with Gasteiger partial charge in [0.25, 0.3) is 0 Å². The molecule has 1 saturated heterocycles. The molecule has 1 aromatic heterocycles. The van der Waals surface area contributed by atoms with Crippen molar-refractivity contribution in [1.29, 1.82) is 0 Å². The van der Waals surface area contributed by atoms with Gasteiger partial charge in [-0.2, -0.15) is 0 Å². The molecule has 1 aliphatic rings. The van der Waals surface area contributed by atoms with Gasteiger partial charge in [0.2, 0.25) is 5.91 Å². The summed E-state index contributed by atoms with van der Waals surface area (Å²) in [5, 5.41) is 2.77. The Morgan fingerprint density at radius 3 is 3.07 bits per heavy atom. The van der Waals surface area contributed by atoms with Crippen LogP contribution in [0, 0.1) is 5.92 Å². The maximum atomic E-state index is 11.6. The van der Waals surface area contributed by atoms with Crippen molar-refractivity contribution in [2.24, 2.45) is 5.92 Å². The molecule has 1 aromatic rings.